The molecule has 0 atom stereocenters. The molecule has 0 saturated heterocycles. The van der Waals surface area contributed by atoms with E-state index < -0.39 is 0 Å². The van der Waals surface area contributed by atoms with Crippen LogP contribution >= 0.6 is 0 Å². The SMILES string of the molecule is CCNCc1c(C)cc(C)nc1N(CC(C)C)C1CC1. The lowest BCUT2D eigenvalue weighted by atomic mass is 10.1. The molecule has 0 aliphatic heterocycles. The van der Waals surface area contributed by atoms with Gasteiger partial charge < -0.3 is 10.2 Å². The van der Waals surface area contributed by atoms with Crippen molar-refractivity contribution in [2.24, 2.45) is 5.92 Å². The number of nitrogens with one attached hydrogen (secondary N) is 1. The zero-order chi connectivity index (χ0) is 14.7. The van der Waals surface area contributed by atoms with Crippen LogP contribution in [0, 0.1) is 19.8 Å². The lowest BCUT2D eigenvalue weighted by Crippen LogP contribution is -2.32. The van der Waals surface area contributed by atoms with Gasteiger partial charge >= 0.3 is 0 Å². The van der Waals surface area contributed by atoms with Crippen LogP contribution in [-0.2, 0) is 6.54 Å². The van der Waals surface area contributed by atoms with Crippen molar-refractivity contribution in [1.82, 2.24) is 10.3 Å². The molecule has 0 radical (unpaired) electrons. The Kier molecular flexibility index (Phi) is 5.03. The molecule has 1 saturated carbocycles. The van der Waals surface area contributed by atoms with E-state index in [2.05, 4.69) is 50.9 Å². The van der Waals surface area contributed by atoms with Crippen molar-refractivity contribution >= 4 is 5.82 Å². The molecule has 1 aromatic heterocycles. The minimum Gasteiger partial charge on any atom is -0.353 e. The Morgan fingerprint density at radius 1 is 1.35 bits per heavy atom. The van der Waals surface area contributed by atoms with Gasteiger partial charge in [0, 0.05) is 30.4 Å². The molecule has 2 rings (SSSR count). The van der Waals surface area contributed by atoms with Crippen LogP contribution in [0.3, 0.4) is 0 Å². The van der Waals surface area contributed by atoms with Crippen LogP contribution in [-0.4, -0.2) is 24.1 Å². The van der Waals surface area contributed by atoms with Gasteiger partial charge in [-0.05, 0) is 50.8 Å². The van der Waals surface area contributed by atoms with Crippen molar-refractivity contribution in [3.63, 3.8) is 0 Å². The summed E-state index contributed by atoms with van der Waals surface area (Å²) in [5, 5.41) is 3.47. The number of rotatable bonds is 7. The summed E-state index contributed by atoms with van der Waals surface area (Å²) in [4.78, 5) is 7.44. The molecule has 0 amide bonds. The Labute approximate surface area is 123 Å². The Balaban J connectivity index is 2.35. The summed E-state index contributed by atoms with van der Waals surface area (Å²) in [5.41, 5.74) is 3.88. The van der Waals surface area contributed by atoms with Gasteiger partial charge in [0.2, 0.25) is 0 Å². The van der Waals surface area contributed by atoms with Gasteiger partial charge in [0.1, 0.15) is 5.82 Å². The van der Waals surface area contributed by atoms with E-state index in [0.717, 1.165) is 25.3 Å². The summed E-state index contributed by atoms with van der Waals surface area (Å²) in [6.07, 6.45) is 2.64. The fourth-order valence-corrected chi connectivity index (χ4v) is 2.74. The molecular weight excluding hydrogens is 246 g/mol. The van der Waals surface area contributed by atoms with Crippen LogP contribution in [0.2, 0.25) is 0 Å². The van der Waals surface area contributed by atoms with Crippen LogP contribution in [0.15, 0.2) is 6.07 Å². The van der Waals surface area contributed by atoms with Gasteiger partial charge in [-0.3, -0.25) is 0 Å². The van der Waals surface area contributed by atoms with E-state index in [1.807, 2.05) is 0 Å². The highest BCUT2D eigenvalue weighted by Crippen LogP contribution is 2.34. The quantitative estimate of drug-likeness (QED) is 0.826. The number of hydrogen-bond acceptors (Lipinski definition) is 3. The number of pyridine rings is 1. The normalized spacial score (nSPS) is 14.9. The zero-order valence-corrected chi connectivity index (χ0v) is 13.7. The molecule has 1 fully saturated rings. The smallest absolute Gasteiger partial charge is 0.133 e. The van der Waals surface area contributed by atoms with Crippen molar-refractivity contribution in [3.05, 3.63) is 22.9 Å². The first-order chi connectivity index (χ1) is 9.52. The summed E-state index contributed by atoms with van der Waals surface area (Å²) in [5.74, 6) is 1.89. The largest absolute Gasteiger partial charge is 0.353 e. The van der Waals surface area contributed by atoms with Gasteiger partial charge in [0.05, 0.1) is 0 Å². The second-order valence-electron chi connectivity index (χ2n) is 6.44. The highest BCUT2D eigenvalue weighted by atomic mass is 15.2. The average molecular weight is 275 g/mol. The molecular formula is C17H29N3. The monoisotopic (exact) mass is 275 g/mol. The summed E-state index contributed by atoms with van der Waals surface area (Å²) in [6.45, 7) is 14.1. The molecule has 3 nitrogen and oxygen atoms in total. The molecule has 3 heteroatoms. The van der Waals surface area contributed by atoms with E-state index in [1.165, 1.54) is 29.8 Å². The first-order valence-corrected chi connectivity index (χ1v) is 7.97. The lowest BCUT2D eigenvalue weighted by molar-refractivity contribution is 0.597. The average Bonchev–Trinajstić information content (AvgIpc) is 3.18. The fourth-order valence-electron chi connectivity index (χ4n) is 2.74. The third-order valence-corrected chi connectivity index (χ3v) is 3.83. The van der Waals surface area contributed by atoms with Crippen LogP contribution < -0.4 is 10.2 Å². The summed E-state index contributed by atoms with van der Waals surface area (Å²) < 4.78 is 0. The minimum absolute atomic E-state index is 0.671. The van der Waals surface area contributed by atoms with E-state index in [-0.39, 0.29) is 0 Å². The summed E-state index contributed by atoms with van der Waals surface area (Å²) in [7, 11) is 0. The number of nitrogens with zero attached hydrogens (tertiary/aromatic N) is 2. The van der Waals surface area contributed by atoms with E-state index >= 15 is 0 Å². The standard InChI is InChI=1S/C17H29N3/c1-6-18-10-16-13(4)9-14(5)19-17(16)20(11-12(2)3)15-7-8-15/h9,12,15,18H,6-8,10-11H2,1-5H3. The number of aryl methyl sites for hydroxylation is 2. The van der Waals surface area contributed by atoms with Gasteiger partial charge in [0.15, 0.2) is 0 Å². The second-order valence-corrected chi connectivity index (χ2v) is 6.44. The maximum atomic E-state index is 4.89. The number of anilines is 1. The topological polar surface area (TPSA) is 28.2 Å². The summed E-state index contributed by atoms with van der Waals surface area (Å²) >= 11 is 0. The van der Waals surface area contributed by atoms with Crippen molar-refractivity contribution in [2.75, 3.05) is 18.0 Å². The zero-order valence-electron chi connectivity index (χ0n) is 13.7. The van der Waals surface area contributed by atoms with Crippen LogP contribution in [0.1, 0.15) is 50.4 Å². The molecule has 0 bridgehead atoms. The molecule has 1 aromatic rings. The van der Waals surface area contributed by atoms with Crippen LogP contribution in [0.4, 0.5) is 5.82 Å². The predicted octanol–water partition coefficient (Wildman–Crippen LogP) is 3.43. The van der Waals surface area contributed by atoms with Gasteiger partial charge in [-0.1, -0.05) is 20.8 Å². The van der Waals surface area contributed by atoms with E-state index in [0.29, 0.717) is 12.0 Å². The molecule has 0 aromatic carbocycles. The van der Waals surface area contributed by atoms with E-state index in [9.17, 15) is 0 Å². The van der Waals surface area contributed by atoms with E-state index in [4.69, 9.17) is 4.98 Å². The lowest BCUT2D eigenvalue weighted by Gasteiger charge is -2.29. The molecule has 0 unspecified atom stereocenters. The van der Waals surface area contributed by atoms with Gasteiger partial charge in [-0.15, -0.1) is 0 Å². The van der Waals surface area contributed by atoms with E-state index in [1.54, 1.807) is 0 Å². The Morgan fingerprint density at radius 2 is 2.05 bits per heavy atom. The minimum atomic E-state index is 0.671. The second kappa shape index (κ2) is 6.57. The Bertz CT molecular complexity index is 450. The highest BCUT2D eigenvalue weighted by molar-refractivity contribution is 5.53. The molecule has 20 heavy (non-hydrogen) atoms. The predicted molar refractivity (Wildman–Crippen MR) is 86.3 cm³/mol. The number of hydrogen-bond donors (Lipinski definition) is 1. The molecule has 112 valence electrons. The van der Waals surface area contributed by atoms with Gasteiger partial charge in [-0.2, -0.15) is 0 Å². The Hall–Kier alpha value is -1.09. The maximum absolute atomic E-state index is 4.89. The van der Waals surface area contributed by atoms with Gasteiger partial charge in [-0.25, -0.2) is 4.98 Å². The number of aromatic nitrogens is 1. The molecule has 1 N–H and O–H groups in total. The van der Waals surface area contributed by atoms with Crippen molar-refractivity contribution in [2.45, 2.75) is 60.0 Å². The fraction of sp³-hybridized carbons (Fsp3) is 0.706. The molecule has 1 aliphatic rings. The van der Waals surface area contributed by atoms with Crippen molar-refractivity contribution < 1.29 is 0 Å². The van der Waals surface area contributed by atoms with Crippen molar-refractivity contribution in [3.8, 4) is 0 Å². The van der Waals surface area contributed by atoms with Crippen molar-refractivity contribution in [1.29, 1.82) is 0 Å². The van der Waals surface area contributed by atoms with Gasteiger partial charge in [0.25, 0.3) is 0 Å². The highest BCUT2D eigenvalue weighted by Gasteiger charge is 2.32. The third-order valence-electron chi connectivity index (χ3n) is 3.83. The maximum Gasteiger partial charge on any atom is 0.133 e. The third kappa shape index (κ3) is 3.72. The summed E-state index contributed by atoms with van der Waals surface area (Å²) in [6, 6.07) is 2.92. The molecule has 1 aliphatic carbocycles. The van der Waals surface area contributed by atoms with Crippen LogP contribution in [0.5, 0.6) is 0 Å². The molecule has 1 heterocycles. The Morgan fingerprint density at radius 3 is 2.60 bits per heavy atom. The molecule has 0 spiro atoms. The van der Waals surface area contributed by atoms with Crippen LogP contribution in [0.25, 0.3) is 0 Å². The first kappa shape index (κ1) is 15.3. The first-order valence-electron chi connectivity index (χ1n) is 7.97.